The van der Waals surface area contributed by atoms with Gasteiger partial charge in [0.05, 0.1) is 12.8 Å². The van der Waals surface area contributed by atoms with Crippen LogP contribution in [0.2, 0.25) is 0 Å². The Morgan fingerprint density at radius 3 is 2.85 bits per heavy atom. The minimum Gasteiger partial charge on any atom is -0.497 e. The second-order valence-corrected chi connectivity index (χ2v) is 3.43. The first-order chi connectivity index (χ1) is 9.60. The second kappa shape index (κ2) is 5.91. The Morgan fingerprint density at radius 1 is 1.45 bits per heavy atom. The van der Waals surface area contributed by atoms with Crippen molar-refractivity contribution in [2.24, 2.45) is 0 Å². The fourth-order valence-corrected chi connectivity index (χ4v) is 1.37. The lowest BCUT2D eigenvalue weighted by atomic mass is 10.2. The lowest BCUT2D eigenvalue weighted by molar-refractivity contribution is -0.0494. The number of aromatic amines is 1. The van der Waals surface area contributed by atoms with Crippen LogP contribution >= 0.6 is 0 Å². The van der Waals surface area contributed by atoms with Crippen molar-refractivity contribution >= 4 is 11.6 Å². The third kappa shape index (κ3) is 3.16. The average Bonchev–Trinajstić information content (AvgIpc) is 2.94. The summed E-state index contributed by atoms with van der Waals surface area (Å²) in [5.41, 5.74) is -0.000509. The van der Waals surface area contributed by atoms with Gasteiger partial charge in [-0.1, -0.05) is 0 Å². The number of H-pyrrole nitrogens is 1. The molecule has 2 N–H and O–H groups in total. The number of amides is 1. The van der Waals surface area contributed by atoms with Crippen LogP contribution in [0.3, 0.4) is 0 Å². The fourth-order valence-electron chi connectivity index (χ4n) is 1.37. The standard InChI is InChI=1S/C10H9F2N5O3/c1-19-5-2-3-7(20-10(11)12)6(4-5)13-9(18)8-14-16-17-15-8/h2-4,10H,1H3,(H,13,18)(H,14,15,16,17). The van der Waals surface area contributed by atoms with Crippen molar-refractivity contribution in [3.63, 3.8) is 0 Å². The number of rotatable bonds is 5. The molecule has 1 aromatic heterocycles. The van der Waals surface area contributed by atoms with Gasteiger partial charge in [0, 0.05) is 6.07 Å². The number of benzene rings is 1. The molecule has 0 fully saturated rings. The number of nitrogens with one attached hydrogen (secondary N) is 2. The molecule has 106 valence electrons. The van der Waals surface area contributed by atoms with E-state index in [0.717, 1.165) is 0 Å². The van der Waals surface area contributed by atoms with Crippen molar-refractivity contribution in [1.29, 1.82) is 0 Å². The number of carbonyl (C=O) groups is 1. The van der Waals surface area contributed by atoms with Crippen LogP contribution < -0.4 is 14.8 Å². The molecular weight excluding hydrogens is 276 g/mol. The van der Waals surface area contributed by atoms with Crippen molar-refractivity contribution < 1.29 is 23.0 Å². The van der Waals surface area contributed by atoms with Crippen molar-refractivity contribution in [3.05, 3.63) is 24.0 Å². The summed E-state index contributed by atoms with van der Waals surface area (Å²) in [7, 11) is 1.40. The number of halogens is 2. The Balaban J connectivity index is 2.25. The molecule has 2 rings (SSSR count). The molecule has 10 heteroatoms. The first kappa shape index (κ1) is 13.6. The van der Waals surface area contributed by atoms with Gasteiger partial charge in [-0.2, -0.15) is 14.0 Å². The smallest absolute Gasteiger partial charge is 0.387 e. The van der Waals surface area contributed by atoms with Gasteiger partial charge in [0.15, 0.2) is 0 Å². The topological polar surface area (TPSA) is 102 Å². The first-order valence-electron chi connectivity index (χ1n) is 5.28. The van der Waals surface area contributed by atoms with Crippen molar-refractivity contribution in [2.75, 3.05) is 12.4 Å². The van der Waals surface area contributed by atoms with Gasteiger partial charge in [-0.3, -0.25) is 4.79 Å². The quantitative estimate of drug-likeness (QED) is 0.851. The average molecular weight is 285 g/mol. The van der Waals surface area contributed by atoms with E-state index in [1.54, 1.807) is 0 Å². The number of aromatic nitrogens is 4. The highest BCUT2D eigenvalue weighted by Gasteiger charge is 2.16. The summed E-state index contributed by atoms with van der Waals surface area (Å²) in [5, 5.41) is 14.6. The molecule has 2 aromatic rings. The number of anilines is 1. The predicted octanol–water partition coefficient (Wildman–Crippen LogP) is 1.06. The molecule has 0 spiro atoms. The van der Waals surface area contributed by atoms with E-state index in [1.165, 1.54) is 25.3 Å². The highest BCUT2D eigenvalue weighted by Crippen LogP contribution is 2.30. The SMILES string of the molecule is COc1ccc(OC(F)F)c(NC(=O)c2nn[nH]n2)c1. The molecule has 0 unspecified atom stereocenters. The molecule has 0 saturated heterocycles. The van der Waals surface area contributed by atoms with Crippen LogP contribution in [0.25, 0.3) is 0 Å². The van der Waals surface area contributed by atoms with Crippen LogP contribution in [-0.4, -0.2) is 40.3 Å². The summed E-state index contributed by atoms with van der Waals surface area (Å²) in [5.74, 6) is -0.824. The summed E-state index contributed by atoms with van der Waals surface area (Å²) in [6.45, 7) is -3.02. The lowest BCUT2D eigenvalue weighted by Crippen LogP contribution is -2.15. The molecule has 20 heavy (non-hydrogen) atoms. The first-order valence-corrected chi connectivity index (χ1v) is 5.28. The Morgan fingerprint density at radius 2 is 2.25 bits per heavy atom. The summed E-state index contributed by atoms with van der Waals surface area (Å²) in [6.07, 6.45) is 0. The van der Waals surface area contributed by atoms with Crippen molar-refractivity contribution in [1.82, 2.24) is 20.6 Å². The molecule has 1 aromatic carbocycles. The van der Waals surface area contributed by atoms with Gasteiger partial charge in [0.1, 0.15) is 11.5 Å². The van der Waals surface area contributed by atoms with Gasteiger partial charge < -0.3 is 14.8 Å². The highest BCUT2D eigenvalue weighted by atomic mass is 19.3. The number of hydrogen-bond acceptors (Lipinski definition) is 6. The van der Waals surface area contributed by atoms with E-state index in [-0.39, 0.29) is 17.3 Å². The molecule has 0 saturated carbocycles. The van der Waals surface area contributed by atoms with E-state index in [4.69, 9.17) is 4.74 Å². The second-order valence-electron chi connectivity index (χ2n) is 3.43. The van der Waals surface area contributed by atoms with E-state index < -0.39 is 12.5 Å². The Hall–Kier alpha value is -2.78. The maximum atomic E-state index is 12.3. The van der Waals surface area contributed by atoms with Gasteiger partial charge in [0.25, 0.3) is 11.7 Å². The largest absolute Gasteiger partial charge is 0.497 e. The number of nitrogens with zero attached hydrogens (tertiary/aromatic N) is 3. The maximum absolute atomic E-state index is 12.3. The van der Waals surface area contributed by atoms with E-state index in [0.29, 0.717) is 5.75 Å². The van der Waals surface area contributed by atoms with Crippen LogP contribution in [0.4, 0.5) is 14.5 Å². The molecule has 0 atom stereocenters. The van der Waals surface area contributed by atoms with Gasteiger partial charge in [-0.15, -0.1) is 10.2 Å². The molecular formula is C10H9F2N5O3. The molecule has 0 radical (unpaired) electrons. The zero-order valence-electron chi connectivity index (χ0n) is 10.1. The molecule has 0 aliphatic heterocycles. The maximum Gasteiger partial charge on any atom is 0.387 e. The number of tetrazole rings is 1. The van der Waals surface area contributed by atoms with Gasteiger partial charge >= 0.3 is 6.61 Å². The van der Waals surface area contributed by atoms with E-state index in [1.807, 2.05) is 0 Å². The summed E-state index contributed by atoms with van der Waals surface area (Å²) >= 11 is 0. The van der Waals surface area contributed by atoms with E-state index in [2.05, 4.69) is 30.7 Å². The third-order valence-corrected chi connectivity index (χ3v) is 2.20. The molecule has 8 nitrogen and oxygen atoms in total. The molecule has 0 aliphatic carbocycles. The summed E-state index contributed by atoms with van der Waals surface area (Å²) in [6, 6.07) is 3.99. The van der Waals surface area contributed by atoms with Crippen molar-refractivity contribution in [3.8, 4) is 11.5 Å². The van der Waals surface area contributed by atoms with Gasteiger partial charge in [-0.25, -0.2) is 0 Å². The third-order valence-electron chi connectivity index (χ3n) is 2.20. The Bertz CT molecular complexity index is 591. The molecule has 1 amide bonds. The van der Waals surface area contributed by atoms with Crippen molar-refractivity contribution in [2.45, 2.75) is 6.61 Å². The summed E-state index contributed by atoms with van der Waals surface area (Å²) in [4.78, 5) is 11.7. The fraction of sp³-hybridized carbons (Fsp3) is 0.200. The van der Waals surface area contributed by atoms with E-state index in [9.17, 15) is 13.6 Å². The minimum absolute atomic E-state index is 0.000509. The normalized spacial score (nSPS) is 10.4. The Labute approximate surface area is 111 Å². The van der Waals surface area contributed by atoms with Crippen LogP contribution in [0.1, 0.15) is 10.6 Å². The molecule has 0 bridgehead atoms. The highest BCUT2D eigenvalue weighted by molar-refractivity contribution is 6.02. The lowest BCUT2D eigenvalue weighted by Gasteiger charge is -2.12. The van der Waals surface area contributed by atoms with E-state index >= 15 is 0 Å². The van der Waals surface area contributed by atoms with Crippen LogP contribution in [-0.2, 0) is 0 Å². The van der Waals surface area contributed by atoms with Crippen LogP contribution in [0, 0.1) is 0 Å². The number of hydrogen-bond donors (Lipinski definition) is 2. The number of carbonyl (C=O) groups excluding carboxylic acids is 1. The zero-order valence-corrected chi connectivity index (χ0v) is 10.1. The van der Waals surface area contributed by atoms with Gasteiger partial charge in [0.2, 0.25) is 0 Å². The number of alkyl halides is 2. The minimum atomic E-state index is -3.02. The van der Waals surface area contributed by atoms with Gasteiger partial charge in [-0.05, 0) is 17.3 Å². The summed E-state index contributed by atoms with van der Waals surface area (Å²) < 4.78 is 33.8. The molecule has 0 aliphatic rings. The van der Waals surface area contributed by atoms with Crippen LogP contribution in [0.15, 0.2) is 18.2 Å². The number of ether oxygens (including phenoxy) is 2. The van der Waals surface area contributed by atoms with Crippen LogP contribution in [0.5, 0.6) is 11.5 Å². The Kier molecular flexibility index (Phi) is 4.03. The zero-order chi connectivity index (χ0) is 14.5. The predicted molar refractivity (Wildman–Crippen MR) is 61.8 cm³/mol. The molecule has 1 heterocycles. The monoisotopic (exact) mass is 285 g/mol. The number of methoxy groups -OCH3 is 1.